The SMILES string of the molecule is CN(C)C(=O)c1cn[nH]c1NCc1ccc(C(F)F)c(F)c1. The molecule has 1 aromatic heterocycles. The molecule has 0 bridgehead atoms. The zero-order valence-electron chi connectivity index (χ0n) is 12.0. The summed E-state index contributed by atoms with van der Waals surface area (Å²) in [5, 5.41) is 9.32. The highest BCUT2D eigenvalue weighted by Gasteiger charge is 2.16. The highest BCUT2D eigenvalue weighted by molar-refractivity contribution is 5.98. The van der Waals surface area contributed by atoms with E-state index < -0.39 is 17.8 Å². The summed E-state index contributed by atoms with van der Waals surface area (Å²) in [7, 11) is 3.22. The van der Waals surface area contributed by atoms with Crippen molar-refractivity contribution < 1.29 is 18.0 Å². The number of carbonyl (C=O) groups excluding carboxylic acids is 1. The third-order valence-corrected chi connectivity index (χ3v) is 3.05. The second-order valence-corrected chi connectivity index (χ2v) is 4.87. The number of nitrogens with one attached hydrogen (secondary N) is 2. The van der Waals surface area contributed by atoms with E-state index in [2.05, 4.69) is 15.5 Å². The molecule has 0 aliphatic heterocycles. The first-order valence-corrected chi connectivity index (χ1v) is 6.45. The second-order valence-electron chi connectivity index (χ2n) is 4.87. The number of amides is 1. The lowest BCUT2D eigenvalue weighted by molar-refractivity contribution is 0.0828. The van der Waals surface area contributed by atoms with E-state index in [4.69, 9.17) is 0 Å². The molecule has 0 spiro atoms. The molecule has 2 N–H and O–H groups in total. The average molecular weight is 312 g/mol. The molecule has 5 nitrogen and oxygen atoms in total. The molecule has 22 heavy (non-hydrogen) atoms. The summed E-state index contributed by atoms with van der Waals surface area (Å²) in [5.41, 5.74) is 0.184. The Bertz CT molecular complexity index is 670. The minimum Gasteiger partial charge on any atom is -0.366 e. The van der Waals surface area contributed by atoms with E-state index >= 15 is 0 Å². The number of anilines is 1. The molecule has 0 saturated carbocycles. The molecule has 0 saturated heterocycles. The molecule has 0 fully saturated rings. The fraction of sp³-hybridized carbons (Fsp3) is 0.286. The molecular weight excluding hydrogens is 297 g/mol. The molecule has 118 valence electrons. The molecule has 8 heteroatoms. The summed E-state index contributed by atoms with van der Waals surface area (Å²) in [4.78, 5) is 13.3. The Hall–Kier alpha value is -2.51. The van der Waals surface area contributed by atoms with Gasteiger partial charge in [-0.3, -0.25) is 9.89 Å². The predicted molar refractivity (Wildman–Crippen MR) is 75.3 cm³/mol. The minimum atomic E-state index is -2.85. The van der Waals surface area contributed by atoms with Gasteiger partial charge in [0.2, 0.25) is 0 Å². The highest BCUT2D eigenvalue weighted by atomic mass is 19.3. The van der Waals surface area contributed by atoms with E-state index in [1.54, 1.807) is 14.1 Å². The molecule has 1 heterocycles. The average Bonchev–Trinajstić information content (AvgIpc) is 2.92. The monoisotopic (exact) mass is 312 g/mol. The van der Waals surface area contributed by atoms with Crippen molar-refractivity contribution in [3.63, 3.8) is 0 Å². The highest BCUT2D eigenvalue weighted by Crippen LogP contribution is 2.23. The number of hydrogen-bond acceptors (Lipinski definition) is 3. The van der Waals surface area contributed by atoms with Gasteiger partial charge >= 0.3 is 0 Å². The molecule has 2 rings (SSSR count). The predicted octanol–water partition coefficient (Wildman–Crippen LogP) is 2.80. The molecule has 0 atom stereocenters. The van der Waals surface area contributed by atoms with Gasteiger partial charge in [0, 0.05) is 20.6 Å². The Balaban J connectivity index is 2.10. The number of hydrogen-bond donors (Lipinski definition) is 2. The first-order valence-electron chi connectivity index (χ1n) is 6.45. The van der Waals surface area contributed by atoms with Crippen LogP contribution in [0.5, 0.6) is 0 Å². The zero-order valence-corrected chi connectivity index (χ0v) is 12.0. The lowest BCUT2D eigenvalue weighted by Gasteiger charge is -2.11. The molecule has 2 aromatic rings. The maximum absolute atomic E-state index is 13.5. The van der Waals surface area contributed by atoms with Crippen LogP contribution >= 0.6 is 0 Å². The number of benzene rings is 1. The Kier molecular flexibility index (Phi) is 4.69. The number of H-pyrrole nitrogens is 1. The van der Waals surface area contributed by atoms with Crippen molar-refractivity contribution >= 4 is 11.7 Å². The van der Waals surface area contributed by atoms with Crippen LogP contribution in [0.4, 0.5) is 19.0 Å². The van der Waals surface area contributed by atoms with Crippen LogP contribution < -0.4 is 5.32 Å². The van der Waals surface area contributed by atoms with Crippen LogP contribution in [0, 0.1) is 5.82 Å². The summed E-state index contributed by atoms with van der Waals surface area (Å²) in [6, 6.07) is 3.50. The van der Waals surface area contributed by atoms with Gasteiger partial charge in [-0.25, -0.2) is 13.2 Å². The van der Waals surface area contributed by atoms with Crippen LogP contribution in [0.25, 0.3) is 0 Å². The van der Waals surface area contributed by atoms with E-state index in [1.165, 1.54) is 17.2 Å². The number of carbonyl (C=O) groups is 1. The third kappa shape index (κ3) is 3.38. The molecule has 0 aliphatic rings. The van der Waals surface area contributed by atoms with E-state index in [-0.39, 0.29) is 12.5 Å². The summed E-state index contributed by atoms with van der Waals surface area (Å²) >= 11 is 0. The Morgan fingerprint density at radius 1 is 1.41 bits per heavy atom. The van der Waals surface area contributed by atoms with Gasteiger partial charge in [0.05, 0.1) is 11.8 Å². The van der Waals surface area contributed by atoms with Crippen LogP contribution in [-0.4, -0.2) is 35.1 Å². The maximum atomic E-state index is 13.5. The maximum Gasteiger partial charge on any atom is 0.266 e. The first kappa shape index (κ1) is 15.9. The summed E-state index contributed by atoms with van der Waals surface area (Å²) in [6.45, 7) is 0.163. The van der Waals surface area contributed by atoms with Gasteiger partial charge in [0.1, 0.15) is 17.2 Å². The number of rotatable bonds is 5. The van der Waals surface area contributed by atoms with E-state index in [0.717, 1.165) is 12.1 Å². The number of nitrogens with zero attached hydrogens (tertiary/aromatic N) is 2. The van der Waals surface area contributed by atoms with Gasteiger partial charge in [-0.2, -0.15) is 5.10 Å². The Labute approximate surface area is 125 Å². The van der Waals surface area contributed by atoms with Crippen LogP contribution in [0.3, 0.4) is 0 Å². The lowest BCUT2D eigenvalue weighted by Crippen LogP contribution is -2.22. The summed E-state index contributed by atoms with van der Waals surface area (Å²) < 4.78 is 38.4. The van der Waals surface area contributed by atoms with Gasteiger partial charge in [0.15, 0.2) is 0 Å². The number of aromatic nitrogens is 2. The van der Waals surface area contributed by atoms with Crippen LogP contribution in [0.1, 0.15) is 27.9 Å². The largest absolute Gasteiger partial charge is 0.366 e. The first-order chi connectivity index (χ1) is 10.4. The minimum absolute atomic E-state index is 0.163. The number of aromatic amines is 1. The molecule has 0 unspecified atom stereocenters. The van der Waals surface area contributed by atoms with E-state index in [9.17, 15) is 18.0 Å². The van der Waals surface area contributed by atoms with Gasteiger partial charge in [0.25, 0.3) is 12.3 Å². The number of halogens is 3. The van der Waals surface area contributed by atoms with Crippen molar-refractivity contribution in [3.05, 3.63) is 46.9 Å². The summed E-state index contributed by atoms with van der Waals surface area (Å²) in [6.07, 6.45) is -1.47. The molecular formula is C14H15F3N4O. The van der Waals surface area contributed by atoms with Gasteiger partial charge in [-0.15, -0.1) is 0 Å². The van der Waals surface area contributed by atoms with E-state index in [1.807, 2.05) is 0 Å². The smallest absolute Gasteiger partial charge is 0.266 e. The van der Waals surface area contributed by atoms with Crippen LogP contribution in [0.15, 0.2) is 24.4 Å². The van der Waals surface area contributed by atoms with Crippen molar-refractivity contribution in [1.29, 1.82) is 0 Å². The van der Waals surface area contributed by atoms with Crippen molar-refractivity contribution in [2.24, 2.45) is 0 Å². The third-order valence-electron chi connectivity index (χ3n) is 3.05. The van der Waals surface area contributed by atoms with Gasteiger partial charge in [-0.1, -0.05) is 12.1 Å². The molecule has 1 amide bonds. The fourth-order valence-electron chi connectivity index (χ4n) is 1.87. The Morgan fingerprint density at radius 3 is 2.73 bits per heavy atom. The normalized spacial score (nSPS) is 10.8. The quantitative estimate of drug-likeness (QED) is 0.892. The molecule has 0 radical (unpaired) electrons. The van der Waals surface area contributed by atoms with Crippen molar-refractivity contribution in [1.82, 2.24) is 15.1 Å². The Morgan fingerprint density at radius 2 is 2.14 bits per heavy atom. The van der Waals surface area contributed by atoms with Crippen LogP contribution in [0.2, 0.25) is 0 Å². The van der Waals surface area contributed by atoms with Crippen LogP contribution in [-0.2, 0) is 6.54 Å². The van der Waals surface area contributed by atoms with Crippen molar-refractivity contribution in [3.8, 4) is 0 Å². The van der Waals surface area contributed by atoms with Gasteiger partial charge < -0.3 is 10.2 Å². The molecule has 0 aliphatic carbocycles. The van der Waals surface area contributed by atoms with Crippen molar-refractivity contribution in [2.75, 3.05) is 19.4 Å². The second kappa shape index (κ2) is 6.50. The topological polar surface area (TPSA) is 61.0 Å². The lowest BCUT2D eigenvalue weighted by atomic mass is 10.1. The number of alkyl halides is 2. The van der Waals surface area contributed by atoms with E-state index in [0.29, 0.717) is 16.9 Å². The zero-order chi connectivity index (χ0) is 16.3. The standard InChI is InChI=1S/C14H15F3N4O/c1-21(2)14(22)10-7-19-20-13(10)18-6-8-3-4-9(12(16)17)11(15)5-8/h3-5,7,12H,6H2,1-2H3,(H2,18,19,20). The van der Waals surface area contributed by atoms with Crippen molar-refractivity contribution in [2.45, 2.75) is 13.0 Å². The molecule has 1 aromatic carbocycles. The fourth-order valence-corrected chi connectivity index (χ4v) is 1.87. The summed E-state index contributed by atoms with van der Waals surface area (Å²) in [5.74, 6) is -0.809. The van der Waals surface area contributed by atoms with Gasteiger partial charge in [-0.05, 0) is 11.6 Å².